The van der Waals surface area contributed by atoms with E-state index in [4.69, 9.17) is 0 Å². The molecule has 0 bridgehead atoms. The third-order valence-corrected chi connectivity index (χ3v) is 3.02. The first kappa shape index (κ1) is 13.0. The van der Waals surface area contributed by atoms with Gasteiger partial charge in [-0.05, 0) is 25.9 Å². The van der Waals surface area contributed by atoms with Crippen molar-refractivity contribution in [3.8, 4) is 0 Å². The predicted octanol–water partition coefficient (Wildman–Crippen LogP) is -0.419. The molecule has 1 rings (SSSR count). The number of nitrogens with one attached hydrogen (secondary N) is 2. The summed E-state index contributed by atoms with van der Waals surface area (Å²) in [5.74, 6) is 0.284. The summed E-state index contributed by atoms with van der Waals surface area (Å²) >= 11 is 0. The van der Waals surface area contributed by atoms with Crippen molar-refractivity contribution in [1.82, 2.24) is 15.5 Å². The van der Waals surface area contributed by atoms with Crippen LogP contribution in [0.5, 0.6) is 0 Å². The molecule has 0 atom stereocenters. The van der Waals surface area contributed by atoms with Gasteiger partial charge in [0.1, 0.15) is 0 Å². The maximum Gasteiger partial charge on any atom is 0.225 e. The average molecular weight is 227 g/mol. The van der Waals surface area contributed by atoms with Crippen LogP contribution in [0.2, 0.25) is 0 Å². The lowest BCUT2D eigenvalue weighted by Gasteiger charge is -2.26. The van der Waals surface area contributed by atoms with Crippen LogP contribution in [-0.2, 0) is 9.59 Å². The zero-order valence-corrected chi connectivity index (χ0v) is 10.1. The Balaban J connectivity index is 2.31. The van der Waals surface area contributed by atoms with Crippen LogP contribution in [0.15, 0.2) is 0 Å². The summed E-state index contributed by atoms with van der Waals surface area (Å²) in [6.07, 6.45) is 2.19. The number of amides is 2. The molecule has 5 heteroatoms. The van der Waals surface area contributed by atoms with E-state index in [9.17, 15) is 9.59 Å². The number of carbonyl (C=O) groups excluding carboxylic acids is 2. The number of rotatable bonds is 4. The van der Waals surface area contributed by atoms with Gasteiger partial charge in [0.2, 0.25) is 11.8 Å². The van der Waals surface area contributed by atoms with Crippen molar-refractivity contribution < 1.29 is 9.59 Å². The number of piperidine rings is 1. The number of hydrogen-bond donors (Lipinski definition) is 2. The molecule has 1 aliphatic heterocycles. The van der Waals surface area contributed by atoms with Crippen LogP contribution in [0.25, 0.3) is 0 Å². The molecule has 0 aromatic heterocycles. The van der Waals surface area contributed by atoms with Crippen molar-refractivity contribution in [2.24, 2.45) is 5.92 Å². The Morgan fingerprint density at radius 3 is 2.56 bits per heavy atom. The summed E-state index contributed by atoms with van der Waals surface area (Å²) in [4.78, 5) is 24.7. The highest BCUT2D eigenvalue weighted by Crippen LogP contribution is 2.14. The first-order valence-corrected chi connectivity index (χ1v) is 5.81. The quantitative estimate of drug-likeness (QED) is 0.686. The molecular weight excluding hydrogens is 206 g/mol. The first-order chi connectivity index (χ1) is 7.65. The predicted molar refractivity (Wildman–Crippen MR) is 61.9 cm³/mol. The highest BCUT2D eigenvalue weighted by Gasteiger charge is 2.23. The van der Waals surface area contributed by atoms with Crippen LogP contribution >= 0.6 is 0 Å². The third kappa shape index (κ3) is 3.81. The van der Waals surface area contributed by atoms with E-state index >= 15 is 0 Å². The average Bonchev–Trinajstić information content (AvgIpc) is 2.35. The van der Waals surface area contributed by atoms with Crippen molar-refractivity contribution in [2.45, 2.75) is 19.3 Å². The molecule has 2 amide bonds. The number of nitrogens with zero attached hydrogens (tertiary/aromatic N) is 1. The van der Waals surface area contributed by atoms with Crippen LogP contribution in [0.3, 0.4) is 0 Å². The summed E-state index contributed by atoms with van der Waals surface area (Å²) in [5, 5.41) is 5.78. The fraction of sp³-hybridized carbons (Fsp3) is 0.818. The van der Waals surface area contributed by atoms with Crippen molar-refractivity contribution in [3.05, 3.63) is 0 Å². The van der Waals surface area contributed by atoms with Gasteiger partial charge in [-0.15, -0.1) is 0 Å². The van der Waals surface area contributed by atoms with E-state index < -0.39 is 0 Å². The van der Waals surface area contributed by atoms with Gasteiger partial charge in [0.05, 0.1) is 0 Å². The Kier molecular flexibility index (Phi) is 5.25. The molecule has 1 aliphatic rings. The molecule has 16 heavy (non-hydrogen) atoms. The minimum Gasteiger partial charge on any atom is -0.359 e. The maximum absolute atomic E-state index is 12.0. The zero-order chi connectivity index (χ0) is 12.0. The number of hydrogen-bond acceptors (Lipinski definition) is 3. The molecule has 0 spiro atoms. The van der Waals surface area contributed by atoms with E-state index in [0.29, 0.717) is 13.0 Å². The second-order valence-electron chi connectivity index (χ2n) is 4.21. The lowest BCUT2D eigenvalue weighted by atomic mass is 9.97. The fourth-order valence-electron chi connectivity index (χ4n) is 1.88. The molecule has 0 saturated carbocycles. The van der Waals surface area contributed by atoms with E-state index in [1.54, 1.807) is 19.0 Å². The van der Waals surface area contributed by atoms with Gasteiger partial charge in [-0.2, -0.15) is 0 Å². The highest BCUT2D eigenvalue weighted by molar-refractivity contribution is 5.80. The lowest BCUT2D eigenvalue weighted by Crippen LogP contribution is -2.40. The van der Waals surface area contributed by atoms with Crippen molar-refractivity contribution >= 4 is 11.8 Å². The van der Waals surface area contributed by atoms with Gasteiger partial charge in [0, 0.05) is 33.0 Å². The van der Waals surface area contributed by atoms with Gasteiger partial charge in [-0.3, -0.25) is 9.59 Å². The standard InChI is InChI=1S/C11H21N3O2/c1-12-10(15)5-8-14(2)11(16)9-3-6-13-7-4-9/h9,13H,3-8H2,1-2H3,(H,12,15). The molecule has 0 aliphatic carbocycles. The topological polar surface area (TPSA) is 61.4 Å². The third-order valence-electron chi connectivity index (χ3n) is 3.02. The number of carbonyl (C=O) groups is 2. The van der Waals surface area contributed by atoms with Crippen molar-refractivity contribution in [2.75, 3.05) is 33.7 Å². The van der Waals surface area contributed by atoms with Crippen LogP contribution in [0, 0.1) is 5.92 Å². The molecule has 1 heterocycles. The SMILES string of the molecule is CNC(=O)CCN(C)C(=O)C1CCNCC1. The molecular formula is C11H21N3O2. The molecule has 1 fully saturated rings. The molecule has 1 saturated heterocycles. The van der Waals surface area contributed by atoms with E-state index in [1.807, 2.05) is 0 Å². The van der Waals surface area contributed by atoms with Crippen LogP contribution in [0.1, 0.15) is 19.3 Å². The second-order valence-corrected chi connectivity index (χ2v) is 4.21. The van der Waals surface area contributed by atoms with Crippen molar-refractivity contribution in [3.63, 3.8) is 0 Å². The smallest absolute Gasteiger partial charge is 0.225 e. The highest BCUT2D eigenvalue weighted by atomic mass is 16.2. The summed E-state index contributed by atoms with van der Waals surface area (Å²) in [5.41, 5.74) is 0. The van der Waals surface area contributed by atoms with Gasteiger partial charge < -0.3 is 15.5 Å². The zero-order valence-electron chi connectivity index (χ0n) is 10.1. The summed E-state index contributed by atoms with van der Waals surface area (Å²) in [6.45, 7) is 2.34. The molecule has 0 unspecified atom stereocenters. The van der Waals surface area contributed by atoms with Crippen LogP contribution in [0.4, 0.5) is 0 Å². The largest absolute Gasteiger partial charge is 0.359 e. The van der Waals surface area contributed by atoms with E-state index in [2.05, 4.69) is 10.6 Å². The fourth-order valence-corrected chi connectivity index (χ4v) is 1.88. The molecule has 92 valence electrons. The minimum atomic E-state index is -0.0232. The Labute approximate surface area is 96.6 Å². The van der Waals surface area contributed by atoms with E-state index in [0.717, 1.165) is 25.9 Å². The Morgan fingerprint density at radius 2 is 2.00 bits per heavy atom. The summed E-state index contributed by atoms with van der Waals surface area (Å²) < 4.78 is 0. The Hall–Kier alpha value is -1.10. The summed E-state index contributed by atoms with van der Waals surface area (Å²) in [7, 11) is 3.38. The molecule has 5 nitrogen and oxygen atoms in total. The minimum absolute atomic E-state index is 0.0232. The van der Waals surface area contributed by atoms with Crippen molar-refractivity contribution in [1.29, 1.82) is 0 Å². The summed E-state index contributed by atoms with van der Waals surface area (Å²) in [6, 6.07) is 0. The molecule has 0 aromatic carbocycles. The van der Waals surface area contributed by atoms with E-state index in [1.165, 1.54) is 0 Å². The Bertz CT molecular complexity index is 250. The molecule has 0 aromatic rings. The lowest BCUT2D eigenvalue weighted by molar-refractivity contribution is -0.135. The maximum atomic E-state index is 12.0. The van der Waals surface area contributed by atoms with E-state index in [-0.39, 0.29) is 17.7 Å². The monoisotopic (exact) mass is 227 g/mol. The van der Waals surface area contributed by atoms with Crippen LogP contribution < -0.4 is 10.6 Å². The van der Waals surface area contributed by atoms with Gasteiger partial charge in [0.15, 0.2) is 0 Å². The van der Waals surface area contributed by atoms with Gasteiger partial charge in [0.25, 0.3) is 0 Å². The Morgan fingerprint density at radius 1 is 1.38 bits per heavy atom. The van der Waals surface area contributed by atoms with Crippen LogP contribution in [-0.4, -0.2) is 50.4 Å². The molecule has 2 N–H and O–H groups in total. The van der Waals surface area contributed by atoms with Gasteiger partial charge >= 0.3 is 0 Å². The normalized spacial score (nSPS) is 16.9. The molecule has 0 radical (unpaired) electrons. The van der Waals surface area contributed by atoms with Gasteiger partial charge in [-0.1, -0.05) is 0 Å². The first-order valence-electron chi connectivity index (χ1n) is 5.81. The second kappa shape index (κ2) is 6.48. The van der Waals surface area contributed by atoms with Gasteiger partial charge in [-0.25, -0.2) is 0 Å².